The molecule has 0 unspecified atom stereocenters. The molecule has 0 saturated carbocycles. The summed E-state index contributed by atoms with van der Waals surface area (Å²) in [5.74, 6) is -0.836. The molecule has 25 heavy (non-hydrogen) atoms. The molecule has 3 rings (SSSR count). The van der Waals surface area contributed by atoms with E-state index < -0.39 is 0 Å². The van der Waals surface area contributed by atoms with Crippen LogP contribution in [-0.2, 0) is 22.7 Å². The predicted octanol–water partition coefficient (Wildman–Crippen LogP) is 4.06. The summed E-state index contributed by atoms with van der Waals surface area (Å²) in [4.78, 5) is 14.6. The van der Waals surface area contributed by atoms with Crippen LogP contribution in [0.15, 0.2) is 48.5 Å². The van der Waals surface area contributed by atoms with Gasteiger partial charge in [-0.05, 0) is 54.8 Å². The maximum Gasteiger partial charge on any atom is 0.323 e. The lowest BCUT2D eigenvalue weighted by molar-refractivity contribution is -0.153. The largest absolute Gasteiger partial charge is 0.460 e. The highest BCUT2D eigenvalue weighted by Gasteiger charge is 2.29. The molecular weight excluding hydrogens is 324 g/mol. The van der Waals surface area contributed by atoms with E-state index in [1.165, 1.54) is 24.3 Å². The number of ether oxygens (including phenoxy) is 1. The number of hydrogen-bond donors (Lipinski definition) is 0. The second kappa shape index (κ2) is 8.21. The van der Waals surface area contributed by atoms with Crippen LogP contribution < -0.4 is 0 Å². The average molecular weight is 345 g/mol. The Balaban J connectivity index is 1.60. The van der Waals surface area contributed by atoms with Crippen LogP contribution in [0.3, 0.4) is 0 Å². The van der Waals surface area contributed by atoms with Crippen LogP contribution in [0.2, 0.25) is 0 Å². The second-order valence-corrected chi connectivity index (χ2v) is 6.34. The van der Waals surface area contributed by atoms with Gasteiger partial charge in [-0.1, -0.05) is 30.7 Å². The van der Waals surface area contributed by atoms with Gasteiger partial charge in [0.15, 0.2) is 0 Å². The average Bonchev–Trinajstić information content (AvgIpc) is 2.63. The van der Waals surface area contributed by atoms with Crippen molar-refractivity contribution in [3.8, 4) is 0 Å². The molecular formula is C20H21F2NO2. The highest BCUT2D eigenvalue weighted by atomic mass is 19.1. The Labute approximate surface area is 146 Å². The fourth-order valence-corrected chi connectivity index (χ4v) is 3.10. The van der Waals surface area contributed by atoms with Crippen molar-refractivity contribution >= 4 is 5.97 Å². The third-order valence-electron chi connectivity index (χ3n) is 4.48. The van der Waals surface area contributed by atoms with Gasteiger partial charge in [-0.15, -0.1) is 0 Å². The summed E-state index contributed by atoms with van der Waals surface area (Å²) in [5, 5.41) is 0. The number of nitrogens with zero attached hydrogens (tertiary/aromatic N) is 1. The van der Waals surface area contributed by atoms with Crippen molar-refractivity contribution in [1.29, 1.82) is 0 Å². The van der Waals surface area contributed by atoms with Gasteiger partial charge in [-0.2, -0.15) is 0 Å². The molecule has 3 nitrogen and oxygen atoms in total. The number of carbonyl (C=O) groups excluding carboxylic acids is 1. The van der Waals surface area contributed by atoms with E-state index >= 15 is 0 Å². The highest BCUT2D eigenvalue weighted by molar-refractivity contribution is 5.75. The predicted molar refractivity (Wildman–Crippen MR) is 90.6 cm³/mol. The van der Waals surface area contributed by atoms with Gasteiger partial charge in [0.1, 0.15) is 24.3 Å². The Kier molecular flexibility index (Phi) is 5.76. The zero-order chi connectivity index (χ0) is 17.6. The van der Waals surface area contributed by atoms with Crippen LogP contribution in [0.4, 0.5) is 8.78 Å². The molecule has 0 N–H and O–H groups in total. The summed E-state index contributed by atoms with van der Waals surface area (Å²) < 4.78 is 31.4. The van der Waals surface area contributed by atoms with E-state index in [1.807, 2.05) is 0 Å². The standard InChI is InChI=1S/C20H21F2NO2/c21-17-8-4-15(5-9-17)13-23-12-2-1-3-19(23)20(24)25-14-16-6-10-18(22)11-7-16/h4-11,19H,1-3,12-14H2/t19-/m1/s1. The lowest BCUT2D eigenvalue weighted by atomic mass is 10.0. The van der Waals surface area contributed by atoms with E-state index in [4.69, 9.17) is 4.74 Å². The van der Waals surface area contributed by atoms with E-state index in [-0.39, 0.29) is 30.3 Å². The molecule has 1 heterocycles. The zero-order valence-electron chi connectivity index (χ0n) is 14.0. The summed E-state index contributed by atoms with van der Waals surface area (Å²) in [6, 6.07) is 12.0. The van der Waals surface area contributed by atoms with Crippen molar-refractivity contribution in [2.75, 3.05) is 6.54 Å². The molecule has 1 aliphatic heterocycles. The van der Waals surface area contributed by atoms with Crippen LogP contribution in [0, 0.1) is 11.6 Å². The Morgan fingerprint density at radius 1 is 0.960 bits per heavy atom. The van der Waals surface area contributed by atoms with E-state index in [1.54, 1.807) is 24.3 Å². The molecule has 0 bridgehead atoms. The molecule has 5 heteroatoms. The van der Waals surface area contributed by atoms with Gasteiger partial charge < -0.3 is 4.74 Å². The quantitative estimate of drug-likeness (QED) is 0.765. The number of likely N-dealkylation sites (tertiary alicyclic amines) is 1. The Morgan fingerprint density at radius 3 is 2.20 bits per heavy atom. The van der Waals surface area contributed by atoms with Gasteiger partial charge in [0.05, 0.1) is 0 Å². The van der Waals surface area contributed by atoms with Crippen LogP contribution in [0.1, 0.15) is 30.4 Å². The summed E-state index contributed by atoms with van der Waals surface area (Å²) in [7, 11) is 0. The SMILES string of the molecule is O=C(OCc1ccc(F)cc1)[C@H]1CCCCN1Cc1ccc(F)cc1. The lowest BCUT2D eigenvalue weighted by Crippen LogP contribution is -2.44. The number of halogens is 2. The number of esters is 1. The summed E-state index contributed by atoms with van der Waals surface area (Å²) in [6.07, 6.45) is 2.77. The summed E-state index contributed by atoms with van der Waals surface area (Å²) in [5.41, 5.74) is 1.73. The smallest absolute Gasteiger partial charge is 0.323 e. The second-order valence-electron chi connectivity index (χ2n) is 6.34. The van der Waals surface area contributed by atoms with E-state index in [9.17, 15) is 13.6 Å². The Morgan fingerprint density at radius 2 is 1.56 bits per heavy atom. The first-order chi connectivity index (χ1) is 12.1. The number of benzene rings is 2. The van der Waals surface area contributed by atoms with Crippen molar-refractivity contribution < 1.29 is 18.3 Å². The van der Waals surface area contributed by atoms with Gasteiger partial charge >= 0.3 is 5.97 Å². The first kappa shape index (κ1) is 17.5. The molecule has 132 valence electrons. The van der Waals surface area contributed by atoms with Gasteiger partial charge in [0, 0.05) is 6.54 Å². The monoisotopic (exact) mass is 345 g/mol. The molecule has 0 aromatic heterocycles. The normalized spacial score (nSPS) is 18.1. The number of rotatable bonds is 5. The van der Waals surface area contributed by atoms with E-state index in [2.05, 4.69) is 4.90 Å². The van der Waals surface area contributed by atoms with E-state index in [0.29, 0.717) is 6.54 Å². The first-order valence-corrected chi connectivity index (χ1v) is 8.51. The minimum Gasteiger partial charge on any atom is -0.460 e. The zero-order valence-corrected chi connectivity index (χ0v) is 14.0. The van der Waals surface area contributed by atoms with Crippen molar-refractivity contribution in [3.63, 3.8) is 0 Å². The highest BCUT2D eigenvalue weighted by Crippen LogP contribution is 2.21. The van der Waals surface area contributed by atoms with Crippen LogP contribution in [0.5, 0.6) is 0 Å². The summed E-state index contributed by atoms with van der Waals surface area (Å²) >= 11 is 0. The maximum atomic E-state index is 13.0. The molecule has 1 saturated heterocycles. The molecule has 0 radical (unpaired) electrons. The summed E-state index contributed by atoms with van der Waals surface area (Å²) in [6.45, 7) is 1.55. The van der Waals surface area contributed by atoms with Gasteiger partial charge in [0.25, 0.3) is 0 Å². The molecule has 1 fully saturated rings. The molecule has 0 amide bonds. The molecule has 1 atom stereocenters. The third kappa shape index (κ3) is 4.86. The molecule has 2 aromatic carbocycles. The van der Waals surface area contributed by atoms with Gasteiger partial charge in [-0.25, -0.2) is 8.78 Å². The lowest BCUT2D eigenvalue weighted by Gasteiger charge is -2.34. The number of piperidine rings is 1. The third-order valence-corrected chi connectivity index (χ3v) is 4.48. The molecule has 0 aliphatic carbocycles. The Bertz CT molecular complexity index is 701. The minimum atomic E-state index is -0.312. The fourth-order valence-electron chi connectivity index (χ4n) is 3.10. The minimum absolute atomic E-state index is 0.139. The van der Waals surface area contributed by atoms with E-state index in [0.717, 1.165) is 36.9 Å². The van der Waals surface area contributed by atoms with Gasteiger partial charge in [-0.3, -0.25) is 9.69 Å². The van der Waals surface area contributed by atoms with Crippen molar-refractivity contribution in [1.82, 2.24) is 4.90 Å². The van der Waals surface area contributed by atoms with Crippen LogP contribution >= 0.6 is 0 Å². The van der Waals surface area contributed by atoms with Crippen LogP contribution in [0.25, 0.3) is 0 Å². The number of carbonyl (C=O) groups is 1. The van der Waals surface area contributed by atoms with Crippen molar-refractivity contribution in [3.05, 3.63) is 71.3 Å². The molecule has 1 aliphatic rings. The van der Waals surface area contributed by atoms with Gasteiger partial charge in [0.2, 0.25) is 0 Å². The van der Waals surface area contributed by atoms with Crippen molar-refractivity contribution in [2.24, 2.45) is 0 Å². The topological polar surface area (TPSA) is 29.5 Å². The maximum absolute atomic E-state index is 13.0. The van der Waals surface area contributed by atoms with Crippen LogP contribution in [-0.4, -0.2) is 23.5 Å². The molecule has 2 aromatic rings. The molecule has 0 spiro atoms. The Hall–Kier alpha value is -2.27. The fraction of sp³-hybridized carbons (Fsp3) is 0.350. The number of hydrogen-bond acceptors (Lipinski definition) is 3. The first-order valence-electron chi connectivity index (χ1n) is 8.51. The van der Waals surface area contributed by atoms with Crippen molar-refractivity contribution in [2.45, 2.75) is 38.5 Å².